The summed E-state index contributed by atoms with van der Waals surface area (Å²) in [5.74, 6) is 0.547. The number of aromatic nitrogens is 1. The molecule has 18 heavy (non-hydrogen) atoms. The third kappa shape index (κ3) is 3.27. The Hall–Kier alpha value is -1.46. The molecule has 0 amide bonds. The number of hydrogen-bond donors (Lipinski definition) is 1. The number of pyridine rings is 1. The lowest BCUT2D eigenvalue weighted by Crippen LogP contribution is -2.09. The minimum absolute atomic E-state index is 0.333. The predicted octanol–water partition coefficient (Wildman–Crippen LogP) is 3.06. The smallest absolute Gasteiger partial charge is 0.213 e. The molecule has 0 aliphatic heterocycles. The summed E-state index contributed by atoms with van der Waals surface area (Å²) >= 11 is 8.32. The summed E-state index contributed by atoms with van der Waals surface area (Å²) in [5, 5.41) is 0. The molecule has 5 heteroatoms. The zero-order valence-electron chi connectivity index (χ0n) is 9.47. The Labute approximate surface area is 119 Å². The molecule has 0 bridgehead atoms. The molecule has 1 aromatic carbocycles. The van der Waals surface area contributed by atoms with Gasteiger partial charge in [0.15, 0.2) is 0 Å². The Morgan fingerprint density at radius 2 is 2.06 bits per heavy atom. The Morgan fingerprint density at radius 1 is 1.28 bits per heavy atom. The van der Waals surface area contributed by atoms with E-state index in [4.69, 9.17) is 22.7 Å². The van der Waals surface area contributed by atoms with Gasteiger partial charge in [0.1, 0.15) is 11.6 Å². The molecule has 2 rings (SSSR count). The number of thiocarbonyl (C=S) groups is 1. The molecule has 0 atom stereocenters. The molecule has 0 aliphatic rings. The van der Waals surface area contributed by atoms with E-state index in [2.05, 4.69) is 20.9 Å². The maximum Gasteiger partial charge on any atom is 0.213 e. The number of nitrogens with two attached hydrogens (primary N) is 1. The van der Waals surface area contributed by atoms with Crippen LogP contribution in [0.1, 0.15) is 11.1 Å². The zero-order valence-corrected chi connectivity index (χ0v) is 11.9. The van der Waals surface area contributed by atoms with Crippen LogP contribution < -0.4 is 10.5 Å². The quantitative estimate of drug-likeness (QED) is 0.879. The molecule has 1 heterocycles. The van der Waals surface area contributed by atoms with Crippen molar-refractivity contribution < 1.29 is 4.74 Å². The first-order chi connectivity index (χ1) is 8.66. The minimum Gasteiger partial charge on any atom is -0.473 e. The van der Waals surface area contributed by atoms with E-state index in [9.17, 15) is 0 Å². The Balaban J connectivity index is 2.02. The average molecular weight is 323 g/mol. The van der Waals surface area contributed by atoms with Gasteiger partial charge in [-0.05, 0) is 12.1 Å². The summed E-state index contributed by atoms with van der Waals surface area (Å²) in [7, 11) is 0. The van der Waals surface area contributed by atoms with Crippen LogP contribution in [0.15, 0.2) is 47.1 Å². The lowest BCUT2D eigenvalue weighted by Gasteiger charge is -2.07. The number of nitrogens with zero attached hydrogens (tertiary/aromatic N) is 1. The van der Waals surface area contributed by atoms with Crippen LogP contribution >= 0.6 is 28.1 Å². The first-order valence-corrected chi connectivity index (χ1v) is 6.49. The molecule has 2 aromatic rings. The fourth-order valence-electron chi connectivity index (χ4n) is 1.38. The lowest BCUT2D eigenvalue weighted by molar-refractivity contribution is 0.293. The van der Waals surface area contributed by atoms with Crippen LogP contribution in [-0.4, -0.2) is 9.97 Å². The van der Waals surface area contributed by atoms with E-state index in [0.717, 1.165) is 15.6 Å². The second-order valence-electron chi connectivity index (χ2n) is 3.63. The molecule has 0 spiro atoms. The van der Waals surface area contributed by atoms with Crippen LogP contribution in [-0.2, 0) is 6.61 Å². The number of benzene rings is 1. The van der Waals surface area contributed by atoms with E-state index in [0.29, 0.717) is 17.5 Å². The molecule has 92 valence electrons. The van der Waals surface area contributed by atoms with Crippen molar-refractivity contribution >= 4 is 33.1 Å². The SMILES string of the molecule is NC(=S)c1ccc(OCc2ccccc2Br)nc1. The van der Waals surface area contributed by atoms with E-state index in [1.165, 1.54) is 0 Å². The van der Waals surface area contributed by atoms with E-state index in [1.54, 1.807) is 18.3 Å². The average Bonchev–Trinajstić information content (AvgIpc) is 2.38. The summed E-state index contributed by atoms with van der Waals surface area (Å²) < 4.78 is 6.60. The maximum atomic E-state index is 5.58. The van der Waals surface area contributed by atoms with E-state index in [1.807, 2.05) is 24.3 Å². The van der Waals surface area contributed by atoms with E-state index < -0.39 is 0 Å². The van der Waals surface area contributed by atoms with Gasteiger partial charge in [-0.2, -0.15) is 0 Å². The number of hydrogen-bond acceptors (Lipinski definition) is 3. The van der Waals surface area contributed by atoms with E-state index in [-0.39, 0.29) is 0 Å². The maximum absolute atomic E-state index is 5.58. The van der Waals surface area contributed by atoms with Gasteiger partial charge < -0.3 is 10.5 Å². The second-order valence-corrected chi connectivity index (χ2v) is 4.92. The van der Waals surface area contributed by atoms with Crippen molar-refractivity contribution in [2.24, 2.45) is 5.73 Å². The summed E-state index contributed by atoms with van der Waals surface area (Å²) in [6, 6.07) is 11.4. The molecule has 1 aromatic heterocycles. The van der Waals surface area contributed by atoms with Gasteiger partial charge in [0, 0.05) is 27.9 Å². The lowest BCUT2D eigenvalue weighted by atomic mass is 10.2. The van der Waals surface area contributed by atoms with Gasteiger partial charge in [0.2, 0.25) is 5.88 Å². The Bertz CT molecular complexity index is 557. The third-order valence-corrected chi connectivity index (χ3v) is 3.36. The van der Waals surface area contributed by atoms with Crippen molar-refractivity contribution in [2.75, 3.05) is 0 Å². The van der Waals surface area contributed by atoms with Crippen molar-refractivity contribution in [2.45, 2.75) is 6.61 Å². The van der Waals surface area contributed by atoms with Gasteiger partial charge in [-0.15, -0.1) is 0 Å². The van der Waals surface area contributed by atoms with Gasteiger partial charge in [0.05, 0.1) is 0 Å². The molecule has 2 N–H and O–H groups in total. The first-order valence-electron chi connectivity index (χ1n) is 5.29. The van der Waals surface area contributed by atoms with Crippen molar-refractivity contribution in [1.29, 1.82) is 0 Å². The first kappa shape index (κ1) is 13.0. The van der Waals surface area contributed by atoms with Gasteiger partial charge >= 0.3 is 0 Å². The standard InChI is InChI=1S/C13H11BrN2OS/c14-11-4-2-1-3-10(11)8-17-12-6-5-9(7-16-12)13(15)18/h1-7H,8H2,(H2,15,18). The highest BCUT2D eigenvalue weighted by atomic mass is 79.9. The Kier molecular flexibility index (Phi) is 4.28. The third-order valence-electron chi connectivity index (χ3n) is 2.35. The molecule has 0 saturated carbocycles. The largest absolute Gasteiger partial charge is 0.473 e. The van der Waals surface area contributed by atoms with Crippen LogP contribution in [0.4, 0.5) is 0 Å². The van der Waals surface area contributed by atoms with Crippen LogP contribution in [0.2, 0.25) is 0 Å². The molecule has 0 aliphatic carbocycles. The van der Waals surface area contributed by atoms with Crippen LogP contribution in [0.3, 0.4) is 0 Å². The van der Waals surface area contributed by atoms with Crippen molar-refractivity contribution in [3.05, 3.63) is 58.2 Å². The van der Waals surface area contributed by atoms with Crippen molar-refractivity contribution in [3.63, 3.8) is 0 Å². The number of rotatable bonds is 4. The zero-order chi connectivity index (χ0) is 13.0. The number of halogens is 1. The van der Waals surface area contributed by atoms with Gasteiger partial charge in [-0.25, -0.2) is 4.98 Å². The molecule has 0 fully saturated rings. The summed E-state index contributed by atoms with van der Waals surface area (Å²) in [5.41, 5.74) is 7.29. The van der Waals surface area contributed by atoms with Crippen molar-refractivity contribution in [1.82, 2.24) is 4.98 Å². The molecule has 3 nitrogen and oxygen atoms in total. The fraction of sp³-hybridized carbons (Fsp3) is 0.0769. The highest BCUT2D eigenvalue weighted by Crippen LogP contribution is 2.18. The Morgan fingerprint density at radius 3 is 2.67 bits per heavy atom. The normalized spacial score (nSPS) is 10.1. The van der Waals surface area contributed by atoms with Crippen LogP contribution in [0.5, 0.6) is 5.88 Å². The van der Waals surface area contributed by atoms with E-state index >= 15 is 0 Å². The predicted molar refractivity (Wildman–Crippen MR) is 78.6 cm³/mol. The van der Waals surface area contributed by atoms with Gasteiger partial charge in [0.25, 0.3) is 0 Å². The topological polar surface area (TPSA) is 48.1 Å². The second kappa shape index (κ2) is 5.93. The van der Waals surface area contributed by atoms with Gasteiger partial charge in [-0.3, -0.25) is 0 Å². The molecule has 0 saturated heterocycles. The molecular weight excluding hydrogens is 312 g/mol. The molecule has 0 radical (unpaired) electrons. The fourth-order valence-corrected chi connectivity index (χ4v) is 1.90. The summed E-state index contributed by atoms with van der Waals surface area (Å²) in [6.45, 7) is 0.459. The highest BCUT2D eigenvalue weighted by Gasteiger charge is 2.02. The monoisotopic (exact) mass is 322 g/mol. The van der Waals surface area contributed by atoms with Crippen LogP contribution in [0.25, 0.3) is 0 Å². The van der Waals surface area contributed by atoms with Crippen molar-refractivity contribution in [3.8, 4) is 5.88 Å². The van der Waals surface area contributed by atoms with Gasteiger partial charge in [-0.1, -0.05) is 46.3 Å². The summed E-state index contributed by atoms with van der Waals surface area (Å²) in [6.07, 6.45) is 1.61. The minimum atomic E-state index is 0.333. The van der Waals surface area contributed by atoms with Crippen LogP contribution in [0, 0.1) is 0 Å². The number of ether oxygens (including phenoxy) is 1. The summed E-state index contributed by atoms with van der Waals surface area (Å²) in [4.78, 5) is 4.47. The molecule has 0 unspecified atom stereocenters. The highest BCUT2D eigenvalue weighted by molar-refractivity contribution is 9.10. The molecular formula is C13H11BrN2OS.